The van der Waals surface area contributed by atoms with Crippen LogP contribution in [0.25, 0.3) is 11.0 Å². The molecule has 5 heteroatoms. The number of aromatic amines is 1. The molecule has 2 aromatic rings. The topological polar surface area (TPSA) is 78.9 Å². The molecule has 0 unspecified atom stereocenters. The smallest absolute Gasteiger partial charge is 0.310 e. The molecule has 0 saturated heterocycles. The number of aromatic nitrogens is 3. The van der Waals surface area contributed by atoms with Gasteiger partial charge in [0, 0.05) is 12.6 Å². The summed E-state index contributed by atoms with van der Waals surface area (Å²) in [6, 6.07) is 1.83. The molecule has 0 bridgehead atoms. The zero-order valence-electron chi connectivity index (χ0n) is 10.0. The van der Waals surface area contributed by atoms with Gasteiger partial charge in [-0.05, 0) is 18.9 Å². The third-order valence-corrected chi connectivity index (χ3v) is 3.85. The van der Waals surface area contributed by atoms with Crippen molar-refractivity contribution >= 4 is 17.0 Å². The number of hydrogen-bond acceptors (Lipinski definition) is 3. The lowest BCUT2D eigenvalue weighted by atomic mass is 9.82. The molecule has 0 spiro atoms. The molecule has 0 aromatic carbocycles. The lowest BCUT2D eigenvalue weighted by molar-refractivity contribution is -0.148. The van der Waals surface area contributed by atoms with Gasteiger partial charge in [-0.1, -0.05) is 12.8 Å². The van der Waals surface area contributed by atoms with Gasteiger partial charge >= 0.3 is 5.97 Å². The van der Waals surface area contributed by atoms with Crippen LogP contribution >= 0.6 is 0 Å². The number of fused-ring (bicyclic) bond motifs is 1. The average Bonchev–Trinajstić information content (AvgIpc) is 2.95. The van der Waals surface area contributed by atoms with E-state index in [1.54, 1.807) is 12.4 Å². The van der Waals surface area contributed by atoms with Crippen LogP contribution in [-0.2, 0) is 11.2 Å². The van der Waals surface area contributed by atoms with Gasteiger partial charge in [-0.2, -0.15) is 0 Å². The van der Waals surface area contributed by atoms with Crippen molar-refractivity contribution < 1.29 is 9.90 Å². The standard InChI is InChI=1S/C13H15N3O2/c17-12(18)13(4-1-2-5-13)7-11-15-9-3-6-14-8-10(9)16-11/h3,6,8H,1-2,4-5,7H2,(H,15,16)(H,17,18). The van der Waals surface area contributed by atoms with Gasteiger partial charge in [-0.3, -0.25) is 9.78 Å². The SMILES string of the molecule is O=C(O)C1(Cc2nc3ccncc3[nH]2)CCCC1. The summed E-state index contributed by atoms with van der Waals surface area (Å²) in [4.78, 5) is 23.1. The van der Waals surface area contributed by atoms with Crippen molar-refractivity contribution in [2.75, 3.05) is 0 Å². The first-order valence-electron chi connectivity index (χ1n) is 6.22. The first-order chi connectivity index (χ1) is 8.70. The summed E-state index contributed by atoms with van der Waals surface area (Å²) in [6.45, 7) is 0. The van der Waals surface area contributed by atoms with Crippen LogP contribution in [0.1, 0.15) is 31.5 Å². The van der Waals surface area contributed by atoms with Gasteiger partial charge in [0.05, 0.1) is 22.6 Å². The van der Waals surface area contributed by atoms with Crippen LogP contribution in [0.5, 0.6) is 0 Å². The fourth-order valence-electron chi connectivity index (χ4n) is 2.83. The van der Waals surface area contributed by atoms with Crippen molar-refractivity contribution in [3.05, 3.63) is 24.3 Å². The number of nitrogens with zero attached hydrogens (tertiary/aromatic N) is 2. The van der Waals surface area contributed by atoms with Gasteiger partial charge in [0.15, 0.2) is 0 Å². The molecular formula is C13H15N3O2. The molecule has 0 atom stereocenters. The Morgan fingerprint density at radius 2 is 2.22 bits per heavy atom. The molecule has 18 heavy (non-hydrogen) atoms. The van der Waals surface area contributed by atoms with Crippen LogP contribution in [-0.4, -0.2) is 26.0 Å². The Morgan fingerprint density at radius 3 is 2.89 bits per heavy atom. The Bertz CT molecular complexity index is 552. The maximum atomic E-state index is 11.5. The first-order valence-corrected chi connectivity index (χ1v) is 6.22. The van der Waals surface area contributed by atoms with E-state index < -0.39 is 11.4 Å². The van der Waals surface area contributed by atoms with E-state index >= 15 is 0 Å². The molecule has 1 aliphatic carbocycles. The van der Waals surface area contributed by atoms with Gasteiger partial charge in [-0.25, -0.2) is 4.98 Å². The Labute approximate surface area is 104 Å². The monoisotopic (exact) mass is 245 g/mol. The summed E-state index contributed by atoms with van der Waals surface area (Å²) in [5, 5.41) is 9.45. The second-order valence-electron chi connectivity index (χ2n) is 5.05. The molecule has 94 valence electrons. The van der Waals surface area contributed by atoms with Crippen LogP contribution in [0.15, 0.2) is 18.5 Å². The van der Waals surface area contributed by atoms with Gasteiger partial charge < -0.3 is 10.1 Å². The van der Waals surface area contributed by atoms with Crippen LogP contribution in [0, 0.1) is 5.41 Å². The Morgan fingerprint density at radius 1 is 1.44 bits per heavy atom. The van der Waals surface area contributed by atoms with E-state index in [-0.39, 0.29) is 0 Å². The van der Waals surface area contributed by atoms with E-state index in [4.69, 9.17) is 0 Å². The van der Waals surface area contributed by atoms with Crippen molar-refractivity contribution in [3.8, 4) is 0 Å². The number of carbonyl (C=O) groups is 1. The number of rotatable bonds is 3. The van der Waals surface area contributed by atoms with E-state index in [0.717, 1.165) is 42.5 Å². The Kier molecular flexibility index (Phi) is 2.54. The Balaban J connectivity index is 1.93. The molecule has 2 N–H and O–H groups in total. The molecule has 1 fully saturated rings. The maximum absolute atomic E-state index is 11.5. The quantitative estimate of drug-likeness (QED) is 0.868. The minimum absolute atomic E-state index is 0.483. The van der Waals surface area contributed by atoms with Crippen LogP contribution in [0.2, 0.25) is 0 Å². The lowest BCUT2D eigenvalue weighted by Crippen LogP contribution is -2.30. The third-order valence-electron chi connectivity index (χ3n) is 3.85. The van der Waals surface area contributed by atoms with Gasteiger partial charge in [0.2, 0.25) is 0 Å². The normalized spacial score (nSPS) is 18.2. The number of nitrogens with one attached hydrogen (secondary N) is 1. The number of pyridine rings is 1. The van der Waals surface area contributed by atoms with Gasteiger partial charge in [0.1, 0.15) is 5.82 Å². The minimum Gasteiger partial charge on any atom is -0.481 e. The van der Waals surface area contributed by atoms with Crippen molar-refractivity contribution in [1.82, 2.24) is 15.0 Å². The highest BCUT2D eigenvalue weighted by Crippen LogP contribution is 2.40. The van der Waals surface area contributed by atoms with Gasteiger partial charge in [-0.15, -0.1) is 0 Å². The summed E-state index contributed by atoms with van der Waals surface area (Å²) in [5.74, 6) is 0.0564. The lowest BCUT2D eigenvalue weighted by Gasteiger charge is -2.22. The highest BCUT2D eigenvalue weighted by molar-refractivity contribution is 5.76. The molecule has 1 aliphatic rings. The highest BCUT2D eigenvalue weighted by Gasteiger charge is 2.42. The van der Waals surface area contributed by atoms with Crippen molar-refractivity contribution in [2.45, 2.75) is 32.1 Å². The molecule has 0 radical (unpaired) electrons. The number of carboxylic acid groups (broad SMARTS) is 1. The molecule has 0 aliphatic heterocycles. The molecule has 1 saturated carbocycles. The number of imidazole rings is 1. The largest absolute Gasteiger partial charge is 0.481 e. The fourth-order valence-corrected chi connectivity index (χ4v) is 2.83. The molecular weight excluding hydrogens is 230 g/mol. The maximum Gasteiger partial charge on any atom is 0.310 e. The zero-order chi connectivity index (χ0) is 12.6. The summed E-state index contributed by atoms with van der Waals surface area (Å²) in [6.07, 6.45) is 7.37. The number of aliphatic carboxylic acids is 1. The predicted molar refractivity (Wildman–Crippen MR) is 66.1 cm³/mol. The Hall–Kier alpha value is -1.91. The summed E-state index contributed by atoms with van der Waals surface area (Å²) in [7, 11) is 0. The van der Waals surface area contributed by atoms with E-state index in [0.29, 0.717) is 6.42 Å². The second-order valence-corrected chi connectivity index (χ2v) is 5.05. The van der Waals surface area contributed by atoms with Crippen molar-refractivity contribution in [2.24, 2.45) is 5.41 Å². The van der Waals surface area contributed by atoms with E-state index in [1.165, 1.54) is 0 Å². The molecule has 0 amide bonds. The minimum atomic E-state index is -0.696. The van der Waals surface area contributed by atoms with Crippen LogP contribution in [0.3, 0.4) is 0 Å². The molecule has 5 nitrogen and oxygen atoms in total. The van der Waals surface area contributed by atoms with Gasteiger partial charge in [0.25, 0.3) is 0 Å². The summed E-state index contributed by atoms with van der Waals surface area (Å²) >= 11 is 0. The van der Waals surface area contributed by atoms with Crippen LogP contribution in [0.4, 0.5) is 0 Å². The van der Waals surface area contributed by atoms with Crippen LogP contribution < -0.4 is 0 Å². The predicted octanol–water partition coefficient (Wildman–Crippen LogP) is 2.15. The summed E-state index contributed by atoms with van der Waals surface area (Å²) < 4.78 is 0. The second kappa shape index (κ2) is 4.08. The average molecular weight is 245 g/mol. The first kappa shape index (κ1) is 11.2. The zero-order valence-corrected chi connectivity index (χ0v) is 10.0. The number of carboxylic acids is 1. The van der Waals surface area contributed by atoms with E-state index in [9.17, 15) is 9.90 Å². The molecule has 3 rings (SSSR count). The van der Waals surface area contributed by atoms with Crippen molar-refractivity contribution in [1.29, 1.82) is 0 Å². The molecule has 2 heterocycles. The number of hydrogen-bond donors (Lipinski definition) is 2. The van der Waals surface area contributed by atoms with E-state index in [1.807, 2.05) is 6.07 Å². The van der Waals surface area contributed by atoms with Crippen molar-refractivity contribution in [3.63, 3.8) is 0 Å². The highest BCUT2D eigenvalue weighted by atomic mass is 16.4. The summed E-state index contributed by atoms with van der Waals surface area (Å²) in [5.41, 5.74) is 1.09. The molecule has 2 aromatic heterocycles. The van der Waals surface area contributed by atoms with E-state index in [2.05, 4.69) is 15.0 Å². The third kappa shape index (κ3) is 1.75. The number of H-pyrrole nitrogens is 1. The fraction of sp³-hybridized carbons (Fsp3) is 0.462.